The highest BCUT2D eigenvalue weighted by Gasteiger charge is 2.11. The van der Waals surface area contributed by atoms with Crippen molar-refractivity contribution in [3.8, 4) is 17.3 Å². The quantitative estimate of drug-likeness (QED) is 0.720. The molecular formula is C14H10N4OS. The van der Waals surface area contributed by atoms with Crippen LogP contribution in [0.3, 0.4) is 0 Å². The molecule has 0 fully saturated rings. The number of nitriles is 1. The molecule has 0 radical (unpaired) electrons. The van der Waals surface area contributed by atoms with Gasteiger partial charge in [0.2, 0.25) is 5.16 Å². The van der Waals surface area contributed by atoms with Crippen LogP contribution in [0.25, 0.3) is 16.8 Å². The van der Waals surface area contributed by atoms with Crippen LogP contribution in [0.1, 0.15) is 5.56 Å². The summed E-state index contributed by atoms with van der Waals surface area (Å²) in [5.74, 6) is 0. The van der Waals surface area contributed by atoms with Crippen molar-refractivity contribution in [3.63, 3.8) is 0 Å². The van der Waals surface area contributed by atoms with Gasteiger partial charge in [-0.25, -0.2) is 9.50 Å². The molecule has 0 saturated carbocycles. The number of hydrogen-bond acceptors (Lipinski definition) is 4. The van der Waals surface area contributed by atoms with Gasteiger partial charge in [-0.3, -0.25) is 4.21 Å². The van der Waals surface area contributed by atoms with Gasteiger partial charge in [-0.15, -0.1) is 5.10 Å². The van der Waals surface area contributed by atoms with E-state index < -0.39 is 10.8 Å². The molecule has 20 heavy (non-hydrogen) atoms. The molecule has 2 aromatic heterocycles. The number of hydrogen-bond donors (Lipinski definition) is 0. The lowest BCUT2D eigenvalue weighted by Crippen LogP contribution is -2.03. The van der Waals surface area contributed by atoms with Crippen LogP contribution in [-0.4, -0.2) is 25.1 Å². The molecule has 1 unspecified atom stereocenters. The fourth-order valence-electron chi connectivity index (χ4n) is 2.03. The Morgan fingerprint density at radius 2 is 2.05 bits per heavy atom. The predicted molar refractivity (Wildman–Crippen MR) is 75.5 cm³/mol. The summed E-state index contributed by atoms with van der Waals surface area (Å²) in [6, 6.07) is 13.2. The Morgan fingerprint density at radius 3 is 2.80 bits per heavy atom. The number of fused-ring (bicyclic) bond motifs is 1. The first-order chi connectivity index (χ1) is 9.70. The van der Waals surface area contributed by atoms with E-state index in [0.717, 1.165) is 16.8 Å². The lowest BCUT2D eigenvalue weighted by atomic mass is 10.1. The van der Waals surface area contributed by atoms with Gasteiger partial charge in [0.15, 0.2) is 0 Å². The maximum Gasteiger partial charge on any atom is 0.237 e. The zero-order valence-electron chi connectivity index (χ0n) is 10.6. The van der Waals surface area contributed by atoms with Crippen molar-refractivity contribution in [2.75, 3.05) is 6.26 Å². The summed E-state index contributed by atoms with van der Waals surface area (Å²) >= 11 is 0. The summed E-state index contributed by atoms with van der Waals surface area (Å²) < 4.78 is 13.2. The second-order valence-corrected chi connectivity index (χ2v) is 5.48. The van der Waals surface area contributed by atoms with Crippen molar-refractivity contribution in [1.29, 1.82) is 5.26 Å². The average Bonchev–Trinajstić information content (AvgIpc) is 2.89. The van der Waals surface area contributed by atoms with Crippen LogP contribution in [0.4, 0.5) is 0 Å². The summed E-state index contributed by atoms with van der Waals surface area (Å²) in [6.07, 6.45) is 3.16. The smallest absolute Gasteiger partial charge is 0.237 e. The minimum absolute atomic E-state index is 0.268. The van der Waals surface area contributed by atoms with Crippen molar-refractivity contribution in [3.05, 3.63) is 48.2 Å². The molecule has 0 bridgehead atoms. The number of nitrogens with zero attached hydrogens (tertiary/aromatic N) is 4. The minimum Gasteiger partial charge on any atom is -0.251 e. The van der Waals surface area contributed by atoms with Crippen LogP contribution in [0.5, 0.6) is 0 Å². The standard InChI is InChI=1S/C14H10N4OS/c1-20(19)14-16-9-11-6-7-13(18(11)17-14)12-5-3-2-4-10(12)8-15/h2-7,9H,1H3. The summed E-state index contributed by atoms with van der Waals surface area (Å²) in [6.45, 7) is 0. The summed E-state index contributed by atoms with van der Waals surface area (Å²) in [5, 5.41) is 13.7. The number of benzene rings is 1. The van der Waals surface area contributed by atoms with Crippen LogP contribution < -0.4 is 0 Å². The van der Waals surface area contributed by atoms with Crippen LogP contribution in [0.15, 0.2) is 47.8 Å². The first kappa shape index (κ1) is 12.5. The molecule has 0 amide bonds. The molecule has 1 aromatic carbocycles. The van der Waals surface area contributed by atoms with Gasteiger partial charge in [0.25, 0.3) is 0 Å². The molecule has 2 heterocycles. The molecular weight excluding hydrogens is 272 g/mol. The lowest BCUT2D eigenvalue weighted by molar-refractivity contribution is 0.672. The fraction of sp³-hybridized carbons (Fsp3) is 0.0714. The minimum atomic E-state index is -1.25. The Balaban J connectivity index is 2.29. The van der Waals surface area contributed by atoms with Gasteiger partial charge in [-0.05, 0) is 18.2 Å². The van der Waals surface area contributed by atoms with Gasteiger partial charge in [0, 0.05) is 11.8 Å². The van der Waals surface area contributed by atoms with Gasteiger partial charge in [0.1, 0.15) is 0 Å². The lowest BCUT2D eigenvalue weighted by Gasteiger charge is -2.05. The summed E-state index contributed by atoms with van der Waals surface area (Å²) in [4.78, 5) is 4.06. The van der Waals surface area contributed by atoms with Crippen LogP contribution in [0.2, 0.25) is 0 Å². The normalized spacial score (nSPS) is 12.2. The molecule has 0 aliphatic heterocycles. The molecule has 1 atom stereocenters. The predicted octanol–water partition coefficient (Wildman–Crippen LogP) is 2.01. The molecule has 0 spiro atoms. The van der Waals surface area contributed by atoms with Crippen molar-refractivity contribution in [2.45, 2.75) is 5.16 Å². The molecule has 6 heteroatoms. The maximum absolute atomic E-state index is 11.5. The zero-order valence-corrected chi connectivity index (χ0v) is 11.5. The highest BCUT2D eigenvalue weighted by atomic mass is 32.2. The highest BCUT2D eigenvalue weighted by Crippen LogP contribution is 2.24. The molecule has 0 aliphatic carbocycles. The van der Waals surface area contributed by atoms with E-state index in [1.54, 1.807) is 16.8 Å². The third-order valence-corrected chi connectivity index (χ3v) is 3.66. The molecule has 0 N–H and O–H groups in total. The van der Waals surface area contributed by atoms with Gasteiger partial charge >= 0.3 is 0 Å². The van der Waals surface area contributed by atoms with E-state index in [1.807, 2.05) is 30.3 Å². The largest absolute Gasteiger partial charge is 0.251 e. The third-order valence-electron chi connectivity index (χ3n) is 2.96. The zero-order chi connectivity index (χ0) is 14.1. The molecule has 0 aliphatic rings. The first-order valence-corrected chi connectivity index (χ1v) is 7.44. The van der Waals surface area contributed by atoms with E-state index in [0.29, 0.717) is 5.56 Å². The highest BCUT2D eigenvalue weighted by molar-refractivity contribution is 7.84. The maximum atomic E-state index is 11.5. The summed E-state index contributed by atoms with van der Waals surface area (Å²) in [5.41, 5.74) is 2.94. The second kappa shape index (κ2) is 4.87. The Labute approximate surface area is 118 Å². The van der Waals surface area contributed by atoms with Gasteiger partial charge in [-0.2, -0.15) is 5.26 Å². The van der Waals surface area contributed by atoms with Crippen molar-refractivity contribution >= 4 is 16.3 Å². The van der Waals surface area contributed by atoms with Crippen LogP contribution in [0, 0.1) is 11.3 Å². The van der Waals surface area contributed by atoms with E-state index in [2.05, 4.69) is 16.2 Å². The first-order valence-electron chi connectivity index (χ1n) is 5.88. The van der Waals surface area contributed by atoms with Crippen molar-refractivity contribution in [2.24, 2.45) is 0 Å². The molecule has 0 saturated heterocycles. The Hall–Kier alpha value is -2.52. The fourth-order valence-corrected chi connectivity index (χ4v) is 2.42. The monoisotopic (exact) mass is 282 g/mol. The van der Waals surface area contributed by atoms with Gasteiger partial charge in [-0.1, -0.05) is 18.2 Å². The summed E-state index contributed by atoms with van der Waals surface area (Å²) in [7, 11) is -1.25. The molecule has 98 valence electrons. The van der Waals surface area contributed by atoms with E-state index in [4.69, 9.17) is 0 Å². The van der Waals surface area contributed by atoms with Crippen LogP contribution in [-0.2, 0) is 10.8 Å². The molecule has 3 rings (SSSR count). The van der Waals surface area contributed by atoms with Gasteiger partial charge < -0.3 is 0 Å². The molecule has 3 aromatic rings. The third kappa shape index (κ3) is 1.98. The van der Waals surface area contributed by atoms with E-state index in [1.165, 1.54) is 6.26 Å². The van der Waals surface area contributed by atoms with Gasteiger partial charge in [0.05, 0.1) is 39.8 Å². The van der Waals surface area contributed by atoms with E-state index in [9.17, 15) is 9.47 Å². The van der Waals surface area contributed by atoms with Crippen LogP contribution >= 0.6 is 0 Å². The SMILES string of the molecule is CS(=O)c1ncc2ccc(-c3ccccc3C#N)n2n1. The molecule has 5 nitrogen and oxygen atoms in total. The van der Waals surface area contributed by atoms with Crippen molar-refractivity contribution < 1.29 is 4.21 Å². The topological polar surface area (TPSA) is 71.0 Å². The number of rotatable bonds is 2. The second-order valence-electron chi connectivity index (χ2n) is 4.21. The average molecular weight is 282 g/mol. The Morgan fingerprint density at radius 1 is 1.25 bits per heavy atom. The Kier molecular flexibility index (Phi) is 3.05. The number of aromatic nitrogens is 3. The van der Waals surface area contributed by atoms with E-state index >= 15 is 0 Å². The van der Waals surface area contributed by atoms with E-state index in [-0.39, 0.29) is 5.16 Å². The Bertz CT molecular complexity index is 863. The van der Waals surface area contributed by atoms with Crippen molar-refractivity contribution in [1.82, 2.24) is 14.6 Å².